The number of nitrogens with two attached hydrogens (primary N) is 1. The van der Waals surface area contributed by atoms with Crippen LogP contribution in [0, 0.1) is 3.57 Å². The Bertz CT molecular complexity index is 334. The van der Waals surface area contributed by atoms with Crippen LogP contribution in [-0.4, -0.2) is 11.8 Å². The first kappa shape index (κ1) is 13.6. The lowest BCUT2D eigenvalue weighted by Crippen LogP contribution is -2.24. The monoisotopic (exact) mass is 331 g/mol. The molecule has 88 valence electrons. The number of hydrogen-bond acceptors (Lipinski definition) is 2. The molecule has 0 spiro atoms. The first-order valence-electron chi connectivity index (χ1n) is 5.63. The Labute approximate surface area is 111 Å². The number of benzene rings is 1. The van der Waals surface area contributed by atoms with Gasteiger partial charge in [0, 0.05) is 22.5 Å². The highest BCUT2D eigenvalue weighted by Crippen LogP contribution is 2.09. The van der Waals surface area contributed by atoms with Crippen molar-refractivity contribution < 1.29 is 4.79 Å². The van der Waals surface area contributed by atoms with Crippen LogP contribution in [0.5, 0.6) is 0 Å². The van der Waals surface area contributed by atoms with Gasteiger partial charge in [0.1, 0.15) is 5.78 Å². The molecule has 0 fully saturated rings. The van der Waals surface area contributed by atoms with E-state index in [4.69, 9.17) is 5.73 Å². The van der Waals surface area contributed by atoms with E-state index in [0.29, 0.717) is 12.8 Å². The van der Waals surface area contributed by atoms with Gasteiger partial charge in [0.05, 0.1) is 0 Å². The van der Waals surface area contributed by atoms with Gasteiger partial charge in [-0.3, -0.25) is 4.79 Å². The van der Waals surface area contributed by atoms with Crippen LogP contribution in [-0.2, 0) is 11.2 Å². The van der Waals surface area contributed by atoms with E-state index in [2.05, 4.69) is 29.5 Å². The van der Waals surface area contributed by atoms with Crippen molar-refractivity contribution in [2.75, 3.05) is 0 Å². The van der Waals surface area contributed by atoms with Gasteiger partial charge in [-0.1, -0.05) is 25.5 Å². The Hall–Kier alpha value is -0.420. The normalized spacial score (nSPS) is 12.4. The zero-order chi connectivity index (χ0) is 12.0. The van der Waals surface area contributed by atoms with Gasteiger partial charge < -0.3 is 5.73 Å². The smallest absolute Gasteiger partial charge is 0.138 e. The van der Waals surface area contributed by atoms with Crippen LogP contribution in [0.15, 0.2) is 24.3 Å². The van der Waals surface area contributed by atoms with E-state index in [0.717, 1.165) is 18.4 Å². The summed E-state index contributed by atoms with van der Waals surface area (Å²) in [5, 5.41) is 0. The van der Waals surface area contributed by atoms with E-state index in [1.807, 2.05) is 24.3 Å². The number of carbonyl (C=O) groups is 1. The van der Waals surface area contributed by atoms with E-state index >= 15 is 0 Å². The molecule has 1 atom stereocenters. The molecular formula is C13H18INO. The van der Waals surface area contributed by atoms with Crippen molar-refractivity contribution in [2.24, 2.45) is 5.73 Å². The van der Waals surface area contributed by atoms with Crippen molar-refractivity contribution in [3.05, 3.63) is 33.4 Å². The molecule has 0 aliphatic rings. The molecule has 1 rings (SSSR count). The molecule has 0 saturated carbocycles. The Balaban J connectivity index is 2.42. The zero-order valence-corrected chi connectivity index (χ0v) is 11.7. The summed E-state index contributed by atoms with van der Waals surface area (Å²) in [6.07, 6.45) is 2.98. The topological polar surface area (TPSA) is 43.1 Å². The van der Waals surface area contributed by atoms with Crippen LogP contribution in [0.4, 0.5) is 0 Å². The highest BCUT2D eigenvalue weighted by molar-refractivity contribution is 14.1. The Morgan fingerprint density at radius 1 is 1.38 bits per heavy atom. The number of halogens is 1. The molecular weight excluding hydrogens is 313 g/mol. The molecule has 0 saturated heterocycles. The van der Waals surface area contributed by atoms with E-state index in [9.17, 15) is 4.79 Å². The maximum absolute atomic E-state index is 11.7. The fourth-order valence-corrected chi connectivity index (χ4v) is 2.03. The minimum Gasteiger partial charge on any atom is -0.327 e. The summed E-state index contributed by atoms with van der Waals surface area (Å²) in [6, 6.07) is 8.08. The predicted octanol–water partition coefficient (Wildman–Crippen LogP) is 2.92. The molecule has 0 aromatic heterocycles. The SMILES string of the molecule is CCCC(N)CC(=O)Cc1ccc(I)cc1. The molecule has 0 bridgehead atoms. The van der Waals surface area contributed by atoms with Crippen molar-refractivity contribution in [1.29, 1.82) is 0 Å². The van der Waals surface area contributed by atoms with Crippen molar-refractivity contribution in [3.63, 3.8) is 0 Å². The van der Waals surface area contributed by atoms with Crippen LogP contribution in [0.25, 0.3) is 0 Å². The predicted molar refractivity (Wildman–Crippen MR) is 75.4 cm³/mol. The number of hydrogen-bond donors (Lipinski definition) is 1. The second-order valence-corrected chi connectivity index (χ2v) is 5.34. The summed E-state index contributed by atoms with van der Waals surface area (Å²) >= 11 is 2.26. The highest BCUT2D eigenvalue weighted by Gasteiger charge is 2.09. The molecule has 3 heteroatoms. The van der Waals surface area contributed by atoms with Crippen LogP contribution in [0.1, 0.15) is 31.7 Å². The second kappa shape index (κ2) is 7.01. The first-order valence-corrected chi connectivity index (χ1v) is 6.71. The molecule has 0 aliphatic heterocycles. The molecule has 1 unspecified atom stereocenters. The largest absolute Gasteiger partial charge is 0.327 e. The number of rotatable bonds is 6. The van der Waals surface area contributed by atoms with Gasteiger partial charge in [-0.15, -0.1) is 0 Å². The second-order valence-electron chi connectivity index (χ2n) is 4.09. The van der Waals surface area contributed by atoms with Crippen LogP contribution in [0.3, 0.4) is 0 Å². The lowest BCUT2D eigenvalue weighted by atomic mass is 10.0. The maximum atomic E-state index is 11.7. The molecule has 0 heterocycles. The summed E-state index contributed by atoms with van der Waals surface area (Å²) in [4.78, 5) is 11.7. The summed E-state index contributed by atoms with van der Waals surface area (Å²) in [5.74, 6) is 0.238. The third-order valence-electron chi connectivity index (χ3n) is 2.46. The minimum atomic E-state index is 0.0290. The van der Waals surface area contributed by atoms with Crippen LogP contribution in [0.2, 0.25) is 0 Å². The highest BCUT2D eigenvalue weighted by atomic mass is 127. The Morgan fingerprint density at radius 3 is 2.56 bits per heavy atom. The number of ketones is 1. The number of Topliss-reactive ketones (excluding diaryl/α,β-unsaturated/α-hetero) is 1. The Morgan fingerprint density at radius 2 is 2.00 bits per heavy atom. The minimum absolute atomic E-state index is 0.0290. The van der Waals surface area contributed by atoms with Gasteiger partial charge >= 0.3 is 0 Å². The molecule has 1 aromatic rings. The third-order valence-corrected chi connectivity index (χ3v) is 3.18. The maximum Gasteiger partial charge on any atom is 0.138 e. The third kappa shape index (κ3) is 5.07. The van der Waals surface area contributed by atoms with Crippen molar-refractivity contribution in [3.8, 4) is 0 Å². The molecule has 0 amide bonds. The summed E-state index contributed by atoms with van der Waals surface area (Å²) in [7, 11) is 0. The van der Waals surface area contributed by atoms with Gasteiger partial charge in [0.2, 0.25) is 0 Å². The van der Waals surface area contributed by atoms with Gasteiger partial charge in [-0.2, -0.15) is 0 Å². The van der Waals surface area contributed by atoms with E-state index in [1.165, 1.54) is 3.57 Å². The summed E-state index contributed by atoms with van der Waals surface area (Å²) in [5.41, 5.74) is 6.92. The molecule has 1 aromatic carbocycles. The molecule has 2 nitrogen and oxygen atoms in total. The fourth-order valence-electron chi connectivity index (χ4n) is 1.67. The van der Waals surface area contributed by atoms with Crippen molar-refractivity contribution in [1.82, 2.24) is 0 Å². The Kier molecular flexibility index (Phi) is 5.98. The summed E-state index contributed by atoms with van der Waals surface area (Å²) < 4.78 is 1.19. The quantitative estimate of drug-likeness (QED) is 0.815. The van der Waals surface area contributed by atoms with Gasteiger partial charge in [-0.05, 0) is 46.7 Å². The van der Waals surface area contributed by atoms with Crippen LogP contribution < -0.4 is 5.73 Å². The van der Waals surface area contributed by atoms with Crippen LogP contribution >= 0.6 is 22.6 Å². The first-order chi connectivity index (χ1) is 7.61. The fraction of sp³-hybridized carbons (Fsp3) is 0.462. The molecule has 0 aliphatic carbocycles. The van der Waals surface area contributed by atoms with E-state index < -0.39 is 0 Å². The number of carbonyl (C=O) groups excluding carboxylic acids is 1. The molecule has 0 radical (unpaired) electrons. The van der Waals surface area contributed by atoms with Gasteiger partial charge in [0.25, 0.3) is 0 Å². The average molecular weight is 331 g/mol. The van der Waals surface area contributed by atoms with Gasteiger partial charge in [0.15, 0.2) is 0 Å². The standard InChI is InChI=1S/C13H18INO/c1-2-3-12(15)9-13(16)8-10-4-6-11(14)7-5-10/h4-7,12H,2-3,8-9,15H2,1H3. The average Bonchev–Trinajstić information content (AvgIpc) is 2.21. The lowest BCUT2D eigenvalue weighted by Gasteiger charge is -2.08. The van der Waals surface area contributed by atoms with Crippen molar-refractivity contribution in [2.45, 2.75) is 38.6 Å². The molecule has 2 N–H and O–H groups in total. The van der Waals surface area contributed by atoms with E-state index in [1.54, 1.807) is 0 Å². The van der Waals surface area contributed by atoms with Crippen molar-refractivity contribution >= 4 is 28.4 Å². The summed E-state index contributed by atoms with van der Waals surface area (Å²) in [6.45, 7) is 2.09. The zero-order valence-electron chi connectivity index (χ0n) is 9.58. The lowest BCUT2D eigenvalue weighted by molar-refractivity contribution is -0.118. The van der Waals surface area contributed by atoms with E-state index in [-0.39, 0.29) is 11.8 Å². The molecule has 16 heavy (non-hydrogen) atoms. The van der Waals surface area contributed by atoms with Gasteiger partial charge in [-0.25, -0.2) is 0 Å².